The van der Waals surface area contributed by atoms with Crippen LogP contribution in [-0.2, 0) is 31.2 Å². The van der Waals surface area contributed by atoms with Crippen LogP contribution in [-0.4, -0.2) is 25.7 Å². The van der Waals surface area contributed by atoms with Crippen molar-refractivity contribution in [2.75, 3.05) is 13.7 Å². The lowest BCUT2D eigenvalue weighted by Crippen LogP contribution is -2.41. The lowest BCUT2D eigenvalue weighted by molar-refractivity contribution is -0.170. The number of aryl methyl sites for hydroxylation is 1. The van der Waals surface area contributed by atoms with Gasteiger partial charge in [-0.15, -0.1) is 0 Å². The summed E-state index contributed by atoms with van der Waals surface area (Å²) in [4.78, 5) is 25.2. The minimum Gasteiger partial charge on any atom is -0.465 e. The molecule has 0 N–H and O–H groups in total. The van der Waals surface area contributed by atoms with E-state index in [1.54, 1.807) is 6.92 Å². The van der Waals surface area contributed by atoms with Crippen LogP contribution in [0.3, 0.4) is 0 Å². The molecule has 0 saturated carbocycles. The van der Waals surface area contributed by atoms with E-state index in [1.807, 2.05) is 67.6 Å². The number of hydrogen-bond donors (Lipinski definition) is 0. The van der Waals surface area contributed by atoms with Gasteiger partial charge >= 0.3 is 11.9 Å². The third-order valence-corrected chi connectivity index (χ3v) is 4.73. The standard InChI is InChI=1S/C24H24O6/c1-4-29-24(18-11-7-5-8-12-18,19-13-9-6-10-14-19)23(26)28-16-20-15-21(17(2)30-20)22(25)27-3/h5-15H,4,16H2,1-3H3. The number of methoxy groups -OCH3 is 1. The van der Waals surface area contributed by atoms with E-state index in [0.29, 0.717) is 34.8 Å². The van der Waals surface area contributed by atoms with Crippen molar-refractivity contribution in [3.63, 3.8) is 0 Å². The van der Waals surface area contributed by atoms with Crippen molar-refractivity contribution in [2.45, 2.75) is 26.1 Å². The topological polar surface area (TPSA) is 75.0 Å². The maximum absolute atomic E-state index is 13.4. The van der Waals surface area contributed by atoms with Crippen molar-refractivity contribution >= 4 is 11.9 Å². The highest BCUT2D eigenvalue weighted by Crippen LogP contribution is 2.35. The molecule has 0 unspecified atom stereocenters. The monoisotopic (exact) mass is 408 g/mol. The summed E-state index contributed by atoms with van der Waals surface area (Å²) in [6, 6.07) is 20.0. The fourth-order valence-corrected chi connectivity index (χ4v) is 3.36. The Bertz CT molecular complexity index is 952. The number of carbonyl (C=O) groups excluding carboxylic acids is 2. The minimum atomic E-state index is -1.43. The van der Waals surface area contributed by atoms with E-state index < -0.39 is 17.5 Å². The molecule has 156 valence electrons. The minimum absolute atomic E-state index is 0.148. The molecule has 6 nitrogen and oxygen atoms in total. The lowest BCUT2D eigenvalue weighted by Gasteiger charge is -2.32. The van der Waals surface area contributed by atoms with Crippen LogP contribution >= 0.6 is 0 Å². The number of hydrogen-bond acceptors (Lipinski definition) is 6. The van der Waals surface area contributed by atoms with Crippen LogP contribution in [0.5, 0.6) is 0 Å². The maximum atomic E-state index is 13.4. The normalized spacial score (nSPS) is 11.2. The maximum Gasteiger partial charge on any atom is 0.348 e. The highest BCUT2D eigenvalue weighted by molar-refractivity contribution is 5.90. The zero-order chi connectivity index (χ0) is 21.6. The van der Waals surface area contributed by atoms with E-state index >= 15 is 0 Å². The van der Waals surface area contributed by atoms with Gasteiger partial charge in [0.25, 0.3) is 0 Å². The Kier molecular flexibility index (Phi) is 6.69. The molecule has 0 atom stereocenters. The Balaban J connectivity index is 1.94. The summed E-state index contributed by atoms with van der Waals surface area (Å²) in [6.07, 6.45) is 0. The number of furan rings is 1. The molecule has 1 aromatic heterocycles. The smallest absolute Gasteiger partial charge is 0.348 e. The van der Waals surface area contributed by atoms with Gasteiger partial charge < -0.3 is 18.6 Å². The highest BCUT2D eigenvalue weighted by Gasteiger charge is 2.45. The second-order valence-electron chi connectivity index (χ2n) is 6.60. The van der Waals surface area contributed by atoms with Crippen molar-refractivity contribution in [3.05, 3.63) is 94.9 Å². The Morgan fingerprint density at radius 1 is 0.967 bits per heavy atom. The number of benzene rings is 2. The van der Waals surface area contributed by atoms with Gasteiger partial charge in [0.1, 0.15) is 23.7 Å². The second-order valence-corrected chi connectivity index (χ2v) is 6.60. The van der Waals surface area contributed by atoms with Crippen LogP contribution in [0.15, 0.2) is 71.1 Å². The zero-order valence-electron chi connectivity index (χ0n) is 17.2. The predicted octanol–water partition coefficient (Wildman–Crippen LogP) is 4.40. The largest absolute Gasteiger partial charge is 0.465 e. The molecule has 0 saturated heterocycles. The highest BCUT2D eigenvalue weighted by atomic mass is 16.6. The van der Waals surface area contributed by atoms with Gasteiger partial charge in [-0.2, -0.15) is 0 Å². The van der Waals surface area contributed by atoms with E-state index in [1.165, 1.54) is 13.2 Å². The average Bonchev–Trinajstić information content (AvgIpc) is 3.17. The van der Waals surface area contributed by atoms with Gasteiger partial charge in [-0.05, 0) is 31.0 Å². The van der Waals surface area contributed by atoms with E-state index in [0.717, 1.165) is 0 Å². The lowest BCUT2D eigenvalue weighted by atomic mass is 9.86. The van der Waals surface area contributed by atoms with Crippen molar-refractivity contribution in [1.29, 1.82) is 0 Å². The molecule has 2 aromatic carbocycles. The number of ether oxygens (including phenoxy) is 3. The predicted molar refractivity (Wildman–Crippen MR) is 110 cm³/mol. The molecule has 0 amide bonds. The average molecular weight is 408 g/mol. The second kappa shape index (κ2) is 9.41. The van der Waals surface area contributed by atoms with Gasteiger partial charge in [-0.3, -0.25) is 0 Å². The number of carbonyl (C=O) groups is 2. The fourth-order valence-electron chi connectivity index (χ4n) is 3.36. The molecule has 0 aliphatic carbocycles. The summed E-state index contributed by atoms with van der Waals surface area (Å²) < 4.78 is 22.0. The molecule has 3 aromatic rings. The first kappa shape index (κ1) is 21.3. The third kappa shape index (κ3) is 4.14. The molecule has 0 bridgehead atoms. The molecule has 30 heavy (non-hydrogen) atoms. The molecular formula is C24H24O6. The van der Waals surface area contributed by atoms with Gasteiger partial charge in [-0.1, -0.05) is 60.7 Å². The summed E-state index contributed by atoms with van der Waals surface area (Å²) in [5.41, 5.74) is 0.193. The van der Waals surface area contributed by atoms with Crippen molar-refractivity contribution in [2.24, 2.45) is 0 Å². The summed E-state index contributed by atoms with van der Waals surface area (Å²) in [6.45, 7) is 3.62. The number of esters is 2. The number of rotatable bonds is 8. The Hall–Kier alpha value is -3.38. The Morgan fingerprint density at radius 3 is 2.03 bits per heavy atom. The first-order valence-electron chi connectivity index (χ1n) is 9.62. The molecule has 0 radical (unpaired) electrons. The van der Waals surface area contributed by atoms with Gasteiger partial charge in [0.05, 0.1) is 7.11 Å². The van der Waals surface area contributed by atoms with Gasteiger partial charge in [0, 0.05) is 6.61 Å². The Morgan fingerprint density at radius 2 is 1.53 bits per heavy atom. The first-order chi connectivity index (χ1) is 14.5. The molecular weight excluding hydrogens is 384 g/mol. The molecule has 0 aliphatic rings. The molecule has 0 spiro atoms. The van der Waals surface area contributed by atoms with E-state index in [9.17, 15) is 9.59 Å². The van der Waals surface area contributed by atoms with Crippen LogP contribution in [0.4, 0.5) is 0 Å². The van der Waals surface area contributed by atoms with Crippen molar-refractivity contribution < 1.29 is 28.2 Å². The summed E-state index contributed by atoms with van der Waals surface area (Å²) in [5, 5.41) is 0. The van der Waals surface area contributed by atoms with Crippen LogP contribution in [0.1, 0.15) is 39.9 Å². The van der Waals surface area contributed by atoms with Gasteiger partial charge in [0.2, 0.25) is 5.60 Å². The summed E-state index contributed by atoms with van der Waals surface area (Å²) in [7, 11) is 1.30. The molecule has 0 aliphatic heterocycles. The van der Waals surface area contributed by atoms with Crippen LogP contribution < -0.4 is 0 Å². The van der Waals surface area contributed by atoms with E-state index in [2.05, 4.69) is 0 Å². The summed E-state index contributed by atoms with van der Waals surface area (Å²) >= 11 is 0. The van der Waals surface area contributed by atoms with Crippen molar-refractivity contribution in [1.82, 2.24) is 0 Å². The van der Waals surface area contributed by atoms with Crippen LogP contribution in [0.25, 0.3) is 0 Å². The van der Waals surface area contributed by atoms with E-state index in [-0.39, 0.29) is 6.61 Å². The van der Waals surface area contributed by atoms with Gasteiger partial charge in [-0.25, -0.2) is 9.59 Å². The Labute approximate surface area is 175 Å². The van der Waals surface area contributed by atoms with Crippen LogP contribution in [0, 0.1) is 6.92 Å². The fraction of sp³-hybridized carbons (Fsp3) is 0.250. The first-order valence-corrected chi connectivity index (χ1v) is 9.62. The van der Waals surface area contributed by atoms with Crippen LogP contribution in [0.2, 0.25) is 0 Å². The van der Waals surface area contributed by atoms with Crippen molar-refractivity contribution in [3.8, 4) is 0 Å². The third-order valence-electron chi connectivity index (χ3n) is 4.73. The molecule has 3 rings (SSSR count). The summed E-state index contributed by atoms with van der Waals surface area (Å²) in [5.74, 6) is -0.343. The quantitative estimate of drug-likeness (QED) is 0.515. The van der Waals surface area contributed by atoms with Gasteiger partial charge in [0.15, 0.2) is 0 Å². The SMILES string of the molecule is CCOC(C(=O)OCc1cc(C(=O)OC)c(C)o1)(c1ccccc1)c1ccccc1. The molecule has 6 heteroatoms. The molecule has 0 fully saturated rings. The van der Waals surface area contributed by atoms with E-state index in [4.69, 9.17) is 18.6 Å². The zero-order valence-corrected chi connectivity index (χ0v) is 17.2. The molecule has 1 heterocycles.